The minimum atomic E-state index is 0.738. The fraction of sp³-hybridized carbons (Fsp3) is 0.125. The number of nitrogens with two attached hydrogens (primary N) is 1. The van der Waals surface area contributed by atoms with Gasteiger partial charge in [0, 0.05) is 5.02 Å². The summed E-state index contributed by atoms with van der Waals surface area (Å²) in [6.45, 7) is 1.95. The number of halogens is 1. The molecule has 3 heteroatoms. The summed E-state index contributed by atoms with van der Waals surface area (Å²) >= 11 is 5.85. The fourth-order valence-corrected chi connectivity index (χ4v) is 0.964. The van der Waals surface area contributed by atoms with E-state index < -0.39 is 0 Å². The zero-order valence-corrected chi connectivity index (χ0v) is 6.97. The van der Waals surface area contributed by atoms with Crippen LogP contribution in [-0.4, -0.2) is 6.21 Å². The molecule has 0 atom stereocenters. The molecule has 1 aromatic carbocycles. The fourth-order valence-electron chi connectivity index (χ4n) is 0.775. The first-order valence-electron chi connectivity index (χ1n) is 3.23. The van der Waals surface area contributed by atoms with Gasteiger partial charge in [0.25, 0.3) is 0 Å². The Hall–Kier alpha value is -1.02. The average molecular weight is 169 g/mol. The number of hydrazone groups is 1. The Morgan fingerprint density at radius 1 is 1.55 bits per heavy atom. The van der Waals surface area contributed by atoms with E-state index in [1.54, 1.807) is 6.21 Å². The Bertz CT molecular complexity index is 281. The molecule has 0 saturated heterocycles. The van der Waals surface area contributed by atoms with E-state index in [0.29, 0.717) is 0 Å². The lowest BCUT2D eigenvalue weighted by Crippen LogP contribution is -1.86. The Morgan fingerprint density at radius 2 is 2.27 bits per heavy atom. The SMILES string of the molecule is Cc1ccc(/C=N/N)cc1Cl. The summed E-state index contributed by atoms with van der Waals surface area (Å²) in [6, 6.07) is 5.67. The Morgan fingerprint density at radius 3 is 2.82 bits per heavy atom. The highest BCUT2D eigenvalue weighted by Gasteiger charge is 1.94. The van der Waals surface area contributed by atoms with Crippen LogP contribution in [0.5, 0.6) is 0 Å². The molecule has 2 N–H and O–H groups in total. The van der Waals surface area contributed by atoms with Crippen molar-refractivity contribution in [2.24, 2.45) is 10.9 Å². The van der Waals surface area contributed by atoms with Crippen molar-refractivity contribution in [1.82, 2.24) is 0 Å². The molecule has 2 nitrogen and oxygen atoms in total. The van der Waals surface area contributed by atoms with Crippen molar-refractivity contribution in [2.75, 3.05) is 0 Å². The van der Waals surface area contributed by atoms with Crippen LogP contribution in [0.25, 0.3) is 0 Å². The number of hydrogen-bond acceptors (Lipinski definition) is 2. The largest absolute Gasteiger partial charge is 0.323 e. The lowest BCUT2D eigenvalue weighted by molar-refractivity contribution is 1.26. The molecule has 0 spiro atoms. The van der Waals surface area contributed by atoms with Gasteiger partial charge in [-0.05, 0) is 24.1 Å². The maximum Gasteiger partial charge on any atom is 0.0538 e. The van der Waals surface area contributed by atoms with E-state index in [1.807, 2.05) is 25.1 Å². The molecule has 0 heterocycles. The standard InChI is InChI=1S/C8H9ClN2/c1-6-2-3-7(5-11-10)4-8(6)9/h2-5H,10H2,1H3/b11-5+. The summed E-state index contributed by atoms with van der Waals surface area (Å²) in [4.78, 5) is 0. The van der Waals surface area contributed by atoms with E-state index in [0.717, 1.165) is 16.1 Å². The van der Waals surface area contributed by atoms with Crippen molar-refractivity contribution in [3.63, 3.8) is 0 Å². The normalized spacial score (nSPS) is 10.7. The third-order valence-electron chi connectivity index (χ3n) is 1.42. The highest BCUT2D eigenvalue weighted by molar-refractivity contribution is 6.31. The molecule has 1 aromatic rings. The molecule has 0 unspecified atom stereocenters. The number of aryl methyl sites for hydroxylation is 1. The second kappa shape index (κ2) is 3.39. The van der Waals surface area contributed by atoms with Gasteiger partial charge in [-0.15, -0.1) is 0 Å². The van der Waals surface area contributed by atoms with Gasteiger partial charge >= 0.3 is 0 Å². The number of rotatable bonds is 1. The first-order chi connectivity index (χ1) is 5.24. The van der Waals surface area contributed by atoms with Crippen LogP contribution >= 0.6 is 11.6 Å². The highest BCUT2D eigenvalue weighted by atomic mass is 35.5. The molecule has 58 valence electrons. The molecule has 0 aromatic heterocycles. The van der Waals surface area contributed by atoms with Crippen molar-refractivity contribution in [2.45, 2.75) is 6.92 Å². The summed E-state index contributed by atoms with van der Waals surface area (Å²) in [7, 11) is 0. The van der Waals surface area contributed by atoms with Gasteiger partial charge in [-0.25, -0.2) is 0 Å². The second-order valence-electron chi connectivity index (χ2n) is 2.29. The molecule has 0 amide bonds. The van der Waals surface area contributed by atoms with Gasteiger partial charge in [-0.3, -0.25) is 0 Å². The summed E-state index contributed by atoms with van der Waals surface area (Å²) in [6.07, 6.45) is 1.56. The first-order valence-corrected chi connectivity index (χ1v) is 3.61. The van der Waals surface area contributed by atoms with Crippen molar-refractivity contribution in [1.29, 1.82) is 0 Å². The predicted molar refractivity (Wildman–Crippen MR) is 48.0 cm³/mol. The van der Waals surface area contributed by atoms with Gasteiger partial charge in [0.2, 0.25) is 0 Å². The van der Waals surface area contributed by atoms with Crippen molar-refractivity contribution in [3.8, 4) is 0 Å². The summed E-state index contributed by atoms with van der Waals surface area (Å²) < 4.78 is 0. The lowest BCUT2D eigenvalue weighted by Gasteiger charge is -1.97. The van der Waals surface area contributed by atoms with Crippen LogP contribution in [0.15, 0.2) is 23.3 Å². The molecule has 11 heavy (non-hydrogen) atoms. The van der Waals surface area contributed by atoms with Crippen LogP contribution in [0.1, 0.15) is 11.1 Å². The van der Waals surface area contributed by atoms with E-state index in [1.165, 1.54) is 0 Å². The maximum atomic E-state index is 5.85. The smallest absolute Gasteiger partial charge is 0.0538 e. The van der Waals surface area contributed by atoms with Crippen molar-refractivity contribution >= 4 is 17.8 Å². The first kappa shape index (κ1) is 8.08. The zero-order valence-electron chi connectivity index (χ0n) is 6.21. The lowest BCUT2D eigenvalue weighted by atomic mass is 10.2. The third kappa shape index (κ3) is 1.95. The van der Waals surface area contributed by atoms with E-state index in [4.69, 9.17) is 17.4 Å². The number of hydrogen-bond donors (Lipinski definition) is 1. The van der Waals surface area contributed by atoms with Crippen LogP contribution < -0.4 is 5.84 Å². The molecule has 1 rings (SSSR count). The minimum Gasteiger partial charge on any atom is -0.323 e. The van der Waals surface area contributed by atoms with E-state index in [-0.39, 0.29) is 0 Å². The molecule has 0 aliphatic carbocycles. The molecule has 0 aliphatic heterocycles. The molecular formula is C8H9ClN2. The Labute approximate surface area is 70.7 Å². The Balaban J connectivity index is 3.05. The summed E-state index contributed by atoms with van der Waals surface area (Å²) in [5, 5.41) is 4.13. The topological polar surface area (TPSA) is 38.4 Å². The molecule has 0 radical (unpaired) electrons. The summed E-state index contributed by atoms with van der Waals surface area (Å²) in [5.74, 6) is 4.98. The number of nitrogens with zero attached hydrogens (tertiary/aromatic N) is 1. The molecule has 0 aliphatic rings. The highest BCUT2D eigenvalue weighted by Crippen LogP contribution is 2.15. The molecular weight excluding hydrogens is 160 g/mol. The number of benzene rings is 1. The van der Waals surface area contributed by atoms with Crippen LogP contribution in [0.2, 0.25) is 5.02 Å². The van der Waals surface area contributed by atoms with Crippen LogP contribution in [0, 0.1) is 6.92 Å². The van der Waals surface area contributed by atoms with Gasteiger partial charge in [0.05, 0.1) is 6.21 Å². The van der Waals surface area contributed by atoms with Crippen molar-refractivity contribution < 1.29 is 0 Å². The minimum absolute atomic E-state index is 0.738. The van der Waals surface area contributed by atoms with E-state index in [2.05, 4.69) is 5.10 Å². The van der Waals surface area contributed by atoms with E-state index >= 15 is 0 Å². The zero-order chi connectivity index (χ0) is 8.27. The van der Waals surface area contributed by atoms with Crippen LogP contribution in [0.4, 0.5) is 0 Å². The van der Waals surface area contributed by atoms with Gasteiger partial charge in [0.1, 0.15) is 0 Å². The second-order valence-corrected chi connectivity index (χ2v) is 2.69. The third-order valence-corrected chi connectivity index (χ3v) is 1.83. The van der Waals surface area contributed by atoms with Gasteiger partial charge < -0.3 is 5.84 Å². The summed E-state index contributed by atoms with van der Waals surface area (Å²) in [5.41, 5.74) is 1.98. The quantitative estimate of drug-likeness (QED) is 0.389. The maximum absolute atomic E-state index is 5.85. The van der Waals surface area contributed by atoms with Crippen LogP contribution in [0.3, 0.4) is 0 Å². The predicted octanol–water partition coefficient (Wildman–Crippen LogP) is 1.94. The monoisotopic (exact) mass is 168 g/mol. The average Bonchev–Trinajstić information content (AvgIpc) is 1.98. The molecule has 0 fully saturated rings. The van der Waals surface area contributed by atoms with E-state index in [9.17, 15) is 0 Å². The van der Waals surface area contributed by atoms with Crippen LogP contribution in [-0.2, 0) is 0 Å². The van der Waals surface area contributed by atoms with Gasteiger partial charge in [0.15, 0.2) is 0 Å². The Kier molecular flexibility index (Phi) is 2.49. The molecule has 0 bridgehead atoms. The van der Waals surface area contributed by atoms with Gasteiger partial charge in [-0.2, -0.15) is 5.10 Å². The van der Waals surface area contributed by atoms with Gasteiger partial charge in [-0.1, -0.05) is 23.7 Å². The van der Waals surface area contributed by atoms with Crippen molar-refractivity contribution in [3.05, 3.63) is 34.3 Å². The molecule has 0 saturated carbocycles.